The van der Waals surface area contributed by atoms with Crippen LogP contribution in [0, 0.1) is 0 Å². The number of rotatable bonds is 3. The lowest BCUT2D eigenvalue weighted by atomic mass is 10.2. The van der Waals surface area contributed by atoms with Gasteiger partial charge >= 0.3 is 0 Å². The second kappa shape index (κ2) is 6.73. The van der Waals surface area contributed by atoms with Gasteiger partial charge in [0, 0.05) is 25.5 Å². The second-order valence-electron chi connectivity index (χ2n) is 4.51. The highest BCUT2D eigenvalue weighted by Crippen LogP contribution is 2.26. The number of hydrogen-bond acceptors (Lipinski definition) is 3. The standard InChI is InChI=1S/C16H10Br2N2OS/c17-12-5-1-10(2-6-12)14-9-22-16(19-14)20-15(21)11-3-7-13(18)8-4-11/h1-9H,(H,19,20,21). The molecule has 0 aliphatic heterocycles. The van der Waals surface area contributed by atoms with Crippen molar-refractivity contribution >= 4 is 54.2 Å². The van der Waals surface area contributed by atoms with E-state index < -0.39 is 0 Å². The van der Waals surface area contributed by atoms with Gasteiger partial charge < -0.3 is 0 Å². The Morgan fingerprint density at radius 1 is 0.955 bits per heavy atom. The molecular formula is C16H10Br2N2OS. The molecule has 110 valence electrons. The number of nitrogens with zero attached hydrogens (tertiary/aromatic N) is 1. The molecule has 0 fully saturated rings. The quantitative estimate of drug-likeness (QED) is 0.580. The lowest BCUT2D eigenvalue weighted by Crippen LogP contribution is -2.11. The Morgan fingerprint density at radius 2 is 1.55 bits per heavy atom. The molecule has 0 radical (unpaired) electrons. The molecule has 0 spiro atoms. The van der Waals surface area contributed by atoms with Crippen LogP contribution < -0.4 is 5.32 Å². The van der Waals surface area contributed by atoms with Crippen molar-refractivity contribution in [2.75, 3.05) is 5.32 Å². The molecule has 3 rings (SSSR count). The van der Waals surface area contributed by atoms with Crippen LogP contribution in [0.3, 0.4) is 0 Å². The van der Waals surface area contributed by atoms with Crippen molar-refractivity contribution in [3.05, 3.63) is 68.4 Å². The van der Waals surface area contributed by atoms with E-state index in [1.807, 2.05) is 41.8 Å². The smallest absolute Gasteiger partial charge is 0.257 e. The number of nitrogens with one attached hydrogen (secondary N) is 1. The Morgan fingerprint density at radius 3 is 2.18 bits per heavy atom. The van der Waals surface area contributed by atoms with Gasteiger partial charge in [-0.15, -0.1) is 11.3 Å². The fraction of sp³-hybridized carbons (Fsp3) is 0. The van der Waals surface area contributed by atoms with Gasteiger partial charge in [-0.25, -0.2) is 4.98 Å². The van der Waals surface area contributed by atoms with Crippen molar-refractivity contribution in [1.82, 2.24) is 4.98 Å². The maximum absolute atomic E-state index is 12.1. The largest absolute Gasteiger partial charge is 0.298 e. The molecule has 0 aliphatic rings. The maximum atomic E-state index is 12.1. The van der Waals surface area contributed by atoms with Gasteiger partial charge in [0.15, 0.2) is 5.13 Å². The summed E-state index contributed by atoms with van der Waals surface area (Å²) in [5, 5.41) is 5.34. The third-order valence-electron chi connectivity index (χ3n) is 2.97. The van der Waals surface area contributed by atoms with Crippen LogP contribution in [0.5, 0.6) is 0 Å². The highest BCUT2D eigenvalue weighted by molar-refractivity contribution is 9.10. The minimum Gasteiger partial charge on any atom is -0.298 e. The molecule has 1 N–H and O–H groups in total. The molecule has 0 atom stereocenters. The van der Waals surface area contributed by atoms with Crippen LogP contribution in [0.4, 0.5) is 5.13 Å². The average Bonchev–Trinajstić information content (AvgIpc) is 2.97. The number of anilines is 1. The number of benzene rings is 2. The second-order valence-corrected chi connectivity index (χ2v) is 7.20. The Hall–Kier alpha value is -1.50. The molecule has 0 saturated heterocycles. The van der Waals surface area contributed by atoms with Gasteiger partial charge in [0.1, 0.15) is 0 Å². The van der Waals surface area contributed by atoms with Crippen molar-refractivity contribution in [3.8, 4) is 11.3 Å². The zero-order valence-corrected chi connectivity index (χ0v) is 15.2. The fourth-order valence-corrected chi connectivity index (χ4v) is 3.10. The molecule has 3 aromatic rings. The summed E-state index contributed by atoms with van der Waals surface area (Å²) < 4.78 is 1.96. The average molecular weight is 438 g/mol. The van der Waals surface area contributed by atoms with Crippen LogP contribution in [0.25, 0.3) is 11.3 Å². The summed E-state index contributed by atoms with van der Waals surface area (Å²) in [6, 6.07) is 15.1. The van der Waals surface area contributed by atoms with E-state index in [0.29, 0.717) is 10.7 Å². The predicted octanol–water partition coefficient (Wildman–Crippen LogP) is 5.59. The molecule has 2 aromatic carbocycles. The summed E-state index contributed by atoms with van der Waals surface area (Å²) in [5.74, 6) is -0.163. The summed E-state index contributed by atoms with van der Waals surface area (Å²) in [5.41, 5.74) is 2.47. The minimum atomic E-state index is -0.163. The van der Waals surface area contributed by atoms with Crippen molar-refractivity contribution in [1.29, 1.82) is 0 Å². The van der Waals surface area contributed by atoms with Crippen LogP contribution >= 0.6 is 43.2 Å². The van der Waals surface area contributed by atoms with Gasteiger partial charge in [0.05, 0.1) is 5.69 Å². The van der Waals surface area contributed by atoms with Crippen LogP contribution in [-0.4, -0.2) is 10.9 Å². The van der Waals surface area contributed by atoms with E-state index >= 15 is 0 Å². The predicted molar refractivity (Wildman–Crippen MR) is 97.3 cm³/mol. The summed E-state index contributed by atoms with van der Waals surface area (Å²) in [7, 11) is 0. The third-order valence-corrected chi connectivity index (χ3v) is 4.79. The molecule has 0 unspecified atom stereocenters. The number of thiazole rings is 1. The first-order valence-electron chi connectivity index (χ1n) is 6.40. The van der Waals surface area contributed by atoms with E-state index in [9.17, 15) is 4.79 Å². The van der Waals surface area contributed by atoms with E-state index in [-0.39, 0.29) is 5.91 Å². The Balaban J connectivity index is 1.75. The lowest BCUT2D eigenvalue weighted by Gasteiger charge is -2.01. The third kappa shape index (κ3) is 3.63. The van der Waals surface area contributed by atoms with Gasteiger partial charge in [-0.3, -0.25) is 10.1 Å². The first-order valence-corrected chi connectivity index (χ1v) is 8.87. The first kappa shape index (κ1) is 15.4. The van der Waals surface area contributed by atoms with E-state index in [4.69, 9.17) is 0 Å². The number of aromatic nitrogens is 1. The summed E-state index contributed by atoms with van der Waals surface area (Å²) >= 11 is 8.17. The highest BCUT2D eigenvalue weighted by Gasteiger charge is 2.10. The lowest BCUT2D eigenvalue weighted by molar-refractivity contribution is 0.102. The van der Waals surface area contributed by atoms with Crippen LogP contribution in [0.1, 0.15) is 10.4 Å². The number of hydrogen-bond donors (Lipinski definition) is 1. The van der Waals surface area contributed by atoms with Crippen LogP contribution in [-0.2, 0) is 0 Å². The Labute approximate surface area is 148 Å². The normalized spacial score (nSPS) is 10.5. The van der Waals surface area contributed by atoms with Gasteiger partial charge in [-0.2, -0.15) is 0 Å². The van der Waals surface area contributed by atoms with E-state index in [1.54, 1.807) is 12.1 Å². The number of carbonyl (C=O) groups is 1. The highest BCUT2D eigenvalue weighted by atomic mass is 79.9. The van der Waals surface area contributed by atoms with Crippen LogP contribution in [0.2, 0.25) is 0 Å². The van der Waals surface area contributed by atoms with E-state index in [1.165, 1.54) is 11.3 Å². The number of halogens is 2. The molecule has 1 amide bonds. The van der Waals surface area contributed by atoms with Crippen LogP contribution in [0.15, 0.2) is 62.9 Å². The zero-order valence-electron chi connectivity index (χ0n) is 11.2. The Kier molecular flexibility index (Phi) is 4.71. The molecule has 0 bridgehead atoms. The number of amides is 1. The van der Waals surface area contributed by atoms with Gasteiger partial charge in [0.2, 0.25) is 0 Å². The van der Waals surface area contributed by atoms with Crippen molar-refractivity contribution in [2.45, 2.75) is 0 Å². The van der Waals surface area contributed by atoms with E-state index in [0.717, 1.165) is 20.2 Å². The van der Waals surface area contributed by atoms with Crippen molar-refractivity contribution < 1.29 is 4.79 Å². The molecule has 22 heavy (non-hydrogen) atoms. The molecule has 3 nitrogen and oxygen atoms in total. The van der Waals surface area contributed by atoms with Gasteiger partial charge in [-0.05, 0) is 36.4 Å². The number of carbonyl (C=O) groups excluding carboxylic acids is 1. The van der Waals surface area contributed by atoms with E-state index in [2.05, 4.69) is 42.2 Å². The summed E-state index contributed by atoms with van der Waals surface area (Å²) in [6.45, 7) is 0. The monoisotopic (exact) mass is 436 g/mol. The van der Waals surface area contributed by atoms with Gasteiger partial charge in [-0.1, -0.05) is 44.0 Å². The minimum absolute atomic E-state index is 0.163. The SMILES string of the molecule is O=C(Nc1nc(-c2ccc(Br)cc2)cs1)c1ccc(Br)cc1. The fourth-order valence-electron chi connectivity index (χ4n) is 1.85. The summed E-state index contributed by atoms with van der Waals surface area (Å²) in [4.78, 5) is 16.6. The topological polar surface area (TPSA) is 42.0 Å². The molecule has 1 heterocycles. The summed E-state index contributed by atoms with van der Waals surface area (Å²) in [6.07, 6.45) is 0. The first-order chi connectivity index (χ1) is 10.6. The molecule has 1 aromatic heterocycles. The maximum Gasteiger partial charge on any atom is 0.257 e. The molecular weight excluding hydrogens is 428 g/mol. The molecule has 0 saturated carbocycles. The van der Waals surface area contributed by atoms with Crippen molar-refractivity contribution in [3.63, 3.8) is 0 Å². The van der Waals surface area contributed by atoms with Crippen molar-refractivity contribution in [2.24, 2.45) is 0 Å². The molecule has 6 heteroatoms. The van der Waals surface area contributed by atoms with Gasteiger partial charge in [0.25, 0.3) is 5.91 Å². The zero-order chi connectivity index (χ0) is 15.5. The Bertz CT molecular complexity index is 798. The molecule has 0 aliphatic carbocycles.